The molecule has 2 aliphatic rings. The molecule has 5 rings (SSSR count). The predicted molar refractivity (Wildman–Crippen MR) is 115 cm³/mol. The van der Waals surface area contributed by atoms with Gasteiger partial charge in [0.15, 0.2) is 17.3 Å². The van der Waals surface area contributed by atoms with Crippen molar-refractivity contribution in [1.82, 2.24) is 10.2 Å². The minimum atomic E-state index is -1.33. The molecule has 0 bridgehead atoms. The number of amides is 3. The highest BCUT2D eigenvalue weighted by Crippen LogP contribution is 2.37. The first-order valence-corrected chi connectivity index (χ1v) is 10.4. The molecule has 1 aromatic heterocycles. The standard InChI is InChI=1S/C24H22N2O6/c1-14-16-6-3-4-7-18(16)32-21(14)17(27)13-26-22(28)24(2,25-23(26)29)15-8-9-19-20(12-15)31-11-5-10-30-19/h3-4,6-9,12H,5,10-11,13H2,1-2H3,(H,25,29). The van der Waals surface area contributed by atoms with Crippen molar-refractivity contribution < 1.29 is 28.3 Å². The van der Waals surface area contributed by atoms with Crippen LogP contribution in [0.15, 0.2) is 46.9 Å². The lowest BCUT2D eigenvalue weighted by Crippen LogP contribution is -2.41. The van der Waals surface area contributed by atoms with Crippen LogP contribution in [0.3, 0.4) is 0 Å². The van der Waals surface area contributed by atoms with Crippen molar-refractivity contribution in [3.63, 3.8) is 0 Å². The number of nitrogens with zero attached hydrogens (tertiary/aromatic N) is 1. The molecule has 32 heavy (non-hydrogen) atoms. The van der Waals surface area contributed by atoms with Crippen LogP contribution in [0.2, 0.25) is 0 Å². The summed E-state index contributed by atoms with van der Waals surface area (Å²) in [5.74, 6) is 0.315. The van der Waals surface area contributed by atoms with Gasteiger partial charge in [-0.15, -0.1) is 0 Å². The minimum Gasteiger partial charge on any atom is -0.490 e. The number of rotatable bonds is 4. The van der Waals surface area contributed by atoms with Crippen LogP contribution >= 0.6 is 0 Å². The molecule has 0 spiro atoms. The van der Waals surface area contributed by atoms with Gasteiger partial charge in [-0.1, -0.05) is 24.3 Å². The van der Waals surface area contributed by atoms with Gasteiger partial charge in [0.25, 0.3) is 5.91 Å². The number of aryl methyl sites for hydroxylation is 1. The smallest absolute Gasteiger partial charge is 0.325 e. The van der Waals surface area contributed by atoms with Crippen molar-refractivity contribution in [2.24, 2.45) is 0 Å². The van der Waals surface area contributed by atoms with Crippen molar-refractivity contribution in [2.75, 3.05) is 19.8 Å². The van der Waals surface area contributed by atoms with E-state index in [0.29, 0.717) is 41.4 Å². The van der Waals surface area contributed by atoms with Crippen molar-refractivity contribution in [1.29, 1.82) is 0 Å². The molecule has 1 atom stereocenters. The van der Waals surface area contributed by atoms with Gasteiger partial charge in [0, 0.05) is 17.4 Å². The fraction of sp³-hybridized carbons (Fsp3) is 0.292. The molecule has 0 aliphatic carbocycles. The third-order valence-corrected chi connectivity index (χ3v) is 6.00. The van der Waals surface area contributed by atoms with E-state index >= 15 is 0 Å². The Hall–Kier alpha value is -3.81. The fourth-order valence-electron chi connectivity index (χ4n) is 4.17. The molecule has 3 amide bonds. The number of urea groups is 1. The van der Waals surface area contributed by atoms with Crippen LogP contribution in [0.25, 0.3) is 11.0 Å². The van der Waals surface area contributed by atoms with Gasteiger partial charge in [0.2, 0.25) is 5.78 Å². The monoisotopic (exact) mass is 434 g/mol. The van der Waals surface area contributed by atoms with Crippen LogP contribution in [0.4, 0.5) is 4.79 Å². The summed E-state index contributed by atoms with van der Waals surface area (Å²) in [5, 5.41) is 3.55. The number of carbonyl (C=O) groups excluding carboxylic acids is 3. The quantitative estimate of drug-likeness (QED) is 0.498. The molecule has 0 radical (unpaired) electrons. The number of benzene rings is 2. The Morgan fingerprint density at radius 3 is 2.62 bits per heavy atom. The molecular weight excluding hydrogens is 412 g/mol. The highest BCUT2D eigenvalue weighted by atomic mass is 16.5. The lowest BCUT2D eigenvalue weighted by Gasteiger charge is -2.23. The topological polar surface area (TPSA) is 98.1 Å². The molecule has 1 fully saturated rings. The molecule has 0 saturated carbocycles. The molecule has 3 aromatic rings. The number of fused-ring (bicyclic) bond motifs is 2. The summed E-state index contributed by atoms with van der Waals surface area (Å²) in [4.78, 5) is 39.9. The summed E-state index contributed by atoms with van der Waals surface area (Å²) in [5.41, 5.74) is 0.492. The van der Waals surface area contributed by atoms with E-state index in [1.54, 1.807) is 38.1 Å². The molecule has 8 heteroatoms. The van der Waals surface area contributed by atoms with E-state index in [4.69, 9.17) is 13.9 Å². The van der Waals surface area contributed by atoms with E-state index in [2.05, 4.69) is 5.32 Å². The normalized spacial score (nSPS) is 20.4. The Labute approximate surface area is 184 Å². The maximum Gasteiger partial charge on any atom is 0.325 e. The number of Topliss-reactive ketones (excluding diaryl/α,β-unsaturated/α-hetero) is 1. The van der Waals surface area contributed by atoms with Crippen molar-refractivity contribution in [2.45, 2.75) is 25.8 Å². The number of hydrogen-bond donors (Lipinski definition) is 1. The molecule has 8 nitrogen and oxygen atoms in total. The van der Waals surface area contributed by atoms with E-state index in [-0.39, 0.29) is 5.76 Å². The number of para-hydroxylation sites is 1. The van der Waals surface area contributed by atoms with Crippen LogP contribution in [-0.2, 0) is 10.3 Å². The average molecular weight is 434 g/mol. The van der Waals surface area contributed by atoms with Gasteiger partial charge in [0.1, 0.15) is 11.1 Å². The second kappa shape index (κ2) is 7.40. The third kappa shape index (κ3) is 3.10. The van der Waals surface area contributed by atoms with E-state index < -0.39 is 29.8 Å². The summed E-state index contributed by atoms with van der Waals surface area (Å²) in [6, 6.07) is 11.8. The molecule has 2 aromatic carbocycles. The molecule has 2 aliphatic heterocycles. The second-order valence-electron chi connectivity index (χ2n) is 8.13. The summed E-state index contributed by atoms with van der Waals surface area (Å²) in [7, 11) is 0. The Kier molecular flexibility index (Phi) is 4.65. The van der Waals surface area contributed by atoms with Crippen LogP contribution in [0.1, 0.15) is 35.0 Å². The molecular formula is C24H22N2O6. The van der Waals surface area contributed by atoms with E-state index in [1.807, 2.05) is 18.2 Å². The Morgan fingerprint density at radius 2 is 1.84 bits per heavy atom. The molecule has 3 heterocycles. The van der Waals surface area contributed by atoms with Gasteiger partial charge in [0.05, 0.1) is 19.8 Å². The number of ether oxygens (including phenoxy) is 2. The summed E-state index contributed by atoms with van der Waals surface area (Å²) < 4.78 is 17.1. The van der Waals surface area contributed by atoms with Gasteiger partial charge >= 0.3 is 6.03 Å². The largest absolute Gasteiger partial charge is 0.490 e. The number of nitrogens with one attached hydrogen (secondary N) is 1. The van der Waals surface area contributed by atoms with Gasteiger partial charge in [-0.3, -0.25) is 14.5 Å². The minimum absolute atomic E-state index is 0.149. The van der Waals surface area contributed by atoms with Crippen molar-refractivity contribution in [3.8, 4) is 11.5 Å². The fourth-order valence-corrected chi connectivity index (χ4v) is 4.17. The summed E-state index contributed by atoms with van der Waals surface area (Å²) in [6.45, 7) is 4.04. The van der Waals surface area contributed by atoms with E-state index in [0.717, 1.165) is 16.7 Å². The number of imide groups is 1. The molecule has 164 valence electrons. The van der Waals surface area contributed by atoms with Crippen LogP contribution < -0.4 is 14.8 Å². The first-order chi connectivity index (χ1) is 15.4. The Balaban J connectivity index is 1.41. The number of furan rings is 1. The van der Waals surface area contributed by atoms with Gasteiger partial charge in [-0.25, -0.2) is 4.79 Å². The Morgan fingerprint density at radius 1 is 1.09 bits per heavy atom. The van der Waals surface area contributed by atoms with Crippen molar-refractivity contribution >= 4 is 28.7 Å². The SMILES string of the molecule is Cc1c(C(=O)CN2C(=O)NC(C)(c3ccc4c(c3)OCCCO4)C2=O)oc2ccccc12. The summed E-state index contributed by atoms with van der Waals surface area (Å²) in [6.07, 6.45) is 0.758. The van der Waals surface area contributed by atoms with Crippen LogP contribution in [0, 0.1) is 6.92 Å². The third-order valence-electron chi connectivity index (χ3n) is 6.00. The number of ketones is 1. The summed E-state index contributed by atoms with van der Waals surface area (Å²) >= 11 is 0. The first kappa shape index (κ1) is 20.1. The first-order valence-electron chi connectivity index (χ1n) is 10.4. The van der Waals surface area contributed by atoms with E-state index in [9.17, 15) is 14.4 Å². The highest BCUT2D eigenvalue weighted by Gasteiger charge is 2.50. The zero-order valence-corrected chi connectivity index (χ0v) is 17.8. The maximum atomic E-state index is 13.3. The maximum absolute atomic E-state index is 13.3. The average Bonchev–Trinajstić information content (AvgIpc) is 3.10. The van der Waals surface area contributed by atoms with Gasteiger partial charge < -0.3 is 19.2 Å². The van der Waals surface area contributed by atoms with Gasteiger partial charge in [-0.2, -0.15) is 0 Å². The molecule has 1 saturated heterocycles. The second-order valence-corrected chi connectivity index (χ2v) is 8.13. The van der Waals surface area contributed by atoms with Crippen molar-refractivity contribution in [3.05, 3.63) is 59.4 Å². The van der Waals surface area contributed by atoms with Crippen LogP contribution in [0.5, 0.6) is 11.5 Å². The zero-order chi connectivity index (χ0) is 22.5. The highest BCUT2D eigenvalue weighted by molar-refractivity contribution is 6.11. The van der Waals surface area contributed by atoms with Gasteiger partial charge in [-0.05, 0) is 37.6 Å². The molecule has 1 N–H and O–H groups in total. The van der Waals surface area contributed by atoms with E-state index in [1.165, 1.54) is 0 Å². The zero-order valence-electron chi connectivity index (χ0n) is 17.8. The predicted octanol–water partition coefficient (Wildman–Crippen LogP) is 3.55. The lowest BCUT2D eigenvalue weighted by molar-refractivity contribution is -0.130. The number of hydrogen-bond acceptors (Lipinski definition) is 6. The lowest BCUT2D eigenvalue weighted by atomic mass is 9.91. The Bertz CT molecular complexity index is 1260. The molecule has 1 unspecified atom stereocenters. The van der Waals surface area contributed by atoms with Crippen LogP contribution in [-0.4, -0.2) is 42.4 Å². The number of carbonyl (C=O) groups is 3.